The van der Waals surface area contributed by atoms with Crippen molar-refractivity contribution in [1.82, 2.24) is 9.27 Å². The minimum absolute atomic E-state index is 0.229. The van der Waals surface area contributed by atoms with Crippen LogP contribution < -0.4 is 4.90 Å². The second-order valence-corrected chi connectivity index (χ2v) is 7.94. The van der Waals surface area contributed by atoms with Crippen LogP contribution in [0.15, 0.2) is 18.2 Å². The predicted octanol–water partition coefficient (Wildman–Crippen LogP) is 3.28. The number of nitrogens with zero attached hydrogens (tertiary/aromatic N) is 3. The number of carbonyl (C=O) groups excluding carboxylic acids is 1. The predicted molar refractivity (Wildman–Crippen MR) is 95.5 cm³/mol. The van der Waals surface area contributed by atoms with E-state index in [2.05, 4.69) is 32.4 Å². The Kier molecular flexibility index (Phi) is 3.85. The summed E-state index contributed by atoms with van der Waals surface area (Å²) in [4.78, 5) is 17.4. The molecule has 2 bridgehead atoms. The molecule has 0 amide bonds. The highest BCUT2D eigenvalue weighted by atomic mass is 32.1. The fourth-order valence-corrected chi connectivity index (χ4v) is 4.89. The normalized spacial score (nSPS) is 26.6. The van der Waals surface area contributed by atoms with Crippen molar-refractivity contribution in [3.8, 4) is 0 Å². The minimum atomic E-state index is 0.229. The Morgan fingerprint density at radius 1 is 1.35 bits per heavy atom. The van der Waals surface area contributed by atoms with Crippen molar-refractivity contribution >= 4 is 33.1 Å². The first-order chi connectivity index (χ1) is 11.1. The Morgan fingerprint density at radius 3 is 2.78 bits per heavy atom. The van der Waals surface area contributed by atoms with Gasteiger partial charge in [0, 0.05) is 38.1 Å². The third-order valence-electron chi connectivity index (χ3n) is 5.48. The number of Topliss-reactive ketones (excluding diaryl/α,β-unsaturated/α-hetero) is 1. The van der Waals surface area contributed by atoms with Crippen molar-refractivity contribution in [1.29, 1.82) is 0 Å². The van der Waals surface area contributed by atoms with Gasteiger partial charge in [0.05, 0.1) is 4.70 Å². The third-order valence-corrected chi connectivity index (χ3v) is 6.28. The van der Waals surface area contributed by atoms with Crippen molar-refractivity contribution in [2.75, 3.05) is 38.6 Å². The maximum atomic E-state index is 12.8. The molecule has 1 aromatic heterocycles. The van der Waals surface area contributed by atoms with Gasteiger partial charge in [0.2, 0.25) is 0 Å². The average Bonchev–Trinajstić information content (AvgIpc) is 2.99. The Hall–Kier alpha value is -1.46. The van der Waals surface area contributed by atoms with Crippen molar-refractivity contribution < 1.29 is 4.79 Å². The summed E-state index contributed by atoms with van der Waals surface area (Å²) in [6.45, 7) is 3.55. The molecule has 23 heavy (non-hydrogen) atoms. The van der Waals surface area contributed by atoms with Crippen LogP contribution in [0.3, 0.4) is 0 Å². The van der Waals surface area contributed by atoms with Crippen molar-refractivity contribution in [2.24, 2.45) is 11.8 Å². The van der Waals surface area contributed by atoms with E-state index in [-0.39, 0.29) is 5.78 Å². The lowest BCUT2D eigenvalue weighted by Gasteiger charge is -2.44. The molecule has 0 radical (unpaired) electrons. The molecule has 1 atom stereocenters. The smallest absolute Gasteiger partial charge is 0.183 e. The van der Waals surface area contributed by atoms with Gasteiger partial charge in [-0.1, -0.05) is 0 Å². The lowest BCUT2D eigenvalue weighted by molar-refractivity contribution is 0.0440. The molecule has 3 aliphatic rings. The van der Waals surface area contributed by atoms with Gasteiger partial charge in [0.1, 0.15) is 5.69 Å². The molecule has 4 nitrogen and oxygen atoms in total. The van der Waals surface area contributed by atoms with Gasteiger partial charge in [-0.25, -0.2) is 0 Å². The van der Waals surface area contributed by atoms with E-state index in [0.717, 1.165) is 28.2 Å². The number of hydrogen-bond acceptors (Lipinski definition) is 5. The maximum absolute atomic E-state index is 12.8. The molecule has 0 unspecified atom stereocenters. The van der Waals surface area contributed by atoms with Crippen LogP contribution in [0.5, 0.6) is 0 Å². The molecule has 5 rings (SSSR count). The number of hydrogen-bond donors (Lipinski definition) is 0. The van der Waals surface area contributed by atoms with Gasteiger partial charge in [0.25, 0.3) is 0 Å². The quantitative estimate of drug-likeness (QED) is 0.807. The molecule has 2 aromatic rings. The Labute approximate surface area is 141 Å². The zero-order valence-electron chi connectivity index (χ0n) is 13.8. The van der Waals surface area contributed by atoms with Crippen LogP contribution in [0.1, 0.15) is 29.8 Å². The zero-order chi connectivity index (χ0) is 16.0. The molecule has 1 aromatic carbocycles. The molecule has 5 heteroatoms. The van der Waals surface area contributed by atoms with Crippen molar-refractivity contribution in [2.45, 2.75) is 19.3 Å². The first kappa shape index (κ1) is 15.1. The summed E-state index contributed by atoms with van der Waals surface area (Å²) in [5, 5.41) is 1.02. The largest absolute Gasteiger partial charge is 0.378 e. The molecule has 0 aliphatic carbocycles. The Morgan fingerprint density at radius 2 is 2.13 bits per heavy atom. The van der Waals surface area contributed by atoms with Crippen LogP contribution in [0, 0.1) is 11.8 Å². The third kappa shape index (κ3) is 2.76. The van der Waals surface area contributed by atoms with Gasteiger partial charge in [-0.3, -0.25) is 4.79 Å². The van der Waals surface area contributed by atoms with Gasteiger partial charge in [-0.2, -0.15) is 4.37 Å². The molecule has 0 N–H and O–H groups in total. The zero-order valence-corrected chi connectivity index (χ0v) is 14.6. The molecular weight excluding hydrogens is 306 g/mol. The van der Waals surface area contributed by atoms with Gasteiger partial charge >= 0.3 is 0 Å². The van der Waals surface area contributed by atoms with Crippen LogP contribution in [0.2, 0.25) is 0 Å². The summed E-state index contributed by atoms with van der Waals surface area (Å²) in [5.74, 6) is 1.50. The lowest BCUT2D eigenvalue weighted by Crippen LogP contribution is -2.47. The summed E-state index contributed by atoms with van der Waals surface area (Å²) >= 11 is 1.44. The summed E-state index contributed by atoms with van der Waals surface area (Å²) in [6.07, 6.45) is 3.19. The van der Waals surface area contributed by atoms with Crippen LogP contribution in [0.4, 0.5) is 5.69 Å². The monoisotopic (exact) mass is 329 g/mol. The van der Waals surface area contributed by atoms with E-state index in [1.807, 2.05) is 14.1 Å². The molecule has 4 heterocycles. The van der Waals surface area contributed by atoms with Crippen molar-refractivity contribution in [3.63, 3.8) is 0 Å². The highest BCUT2D eigenvalue weighted by molar-refractivity contribution is 7.13. The van der Waals surface area contributed by atoms with E-state index in [1.165, 1.54) is 37.5 Å². The number of carbonyl (C=O) groups is 1. The maximum Gasteiger partial charge on any atom is 0.183 e. The second-order valence-electron chi connectivity index (χ2n) is 7.13. The van der Waals surface area contributed by atoms with Crippen molar-refractivity contribution in [3.05, 3.63) is 23.9 Å². The molecule has 0 spiro atoms. The molecule has 0 saturated carbocycles. The molecule has 3 aliphatic heterocycles. The number of anilines is 1. The summed E-state index contributed by atoms with van der Waals surface area (Å²) < 4.78 is 5.59. The molecule has 3 saturated heterocycles. The van der Waals surface area contributed by atoms with E-state index in [4.69, 9.17) is 0 Å². The lowest BCUT2D eigenvalue weighted by atomic mass is 9.76. The highest BCUT2D eigenvalue weighted by Crippen LogP contribution is 2.36. The van der Waals surface area contributed by atoms with E-state index in [9.17, 15) is 4.79 Å². The van der Waals surface area contributed by atoms with Gasteiger partial charge in [-0.15, -0.1) is 0 Å². The Bertz CT molecular complexity index is 731. The molecule has 122 valence electrons. The number of aromatic nitrogens is 1. The fraction of sp³-hybridized carbons (Fsp3) is 0.556. The van der Waals surface area contributed by atoms with Crippen LogP contribution in [-0.4, -0.2) is 48.8 Å². The van der Waals surface area contributed by atoms with Gasteiger partial charge in [0.15, 0.2) is 5.78 Å². The number of benzene rings is 1. The summed E-state index contributed by atoms with van der Waals surface area (Å²) in [7, 11) is 4.06. The number of rotatable bonds is 4. The van der Waals surface area contributed by atoms with Gasteiger partial charge in [-0.05, 0) is 67.5 Å². The number of piperidine rings is 3. The first-order valence-corrected chi connectivity index (χ1v) is 9.21. The number of fused-ring (bicyclic) bond motifs is 4. The van der Waals surface area contributed by atoms with Crippen LogP contribution in [-0.2, 0) is 0 Å². The topological polar surface area (TPSA) is 36.4 Å². The summed E-state index contributed by atoms with van der Waals surface area (Å²) in [6, 6.07) is 6.25. The highest BCUT2D eigenvalue weighted by Gasteiger charge is 2.35. The average molecular weight is 329 g/mol. The van der Waals surface area contributed by atoms with E-state index in [1.54, 1.807) is 0 Å². The second kappa shape index (κ2) is 5.87. The van der Waals surface area contributed by atoms with E-state index >= 15 is 0 Å². The molecule has 3 fully saturated rings. The van der Waals surface area contributed by atoms with Gasteiger partial charge < -0.3 is 9.80 Å². The fourth-order valence-electron chi connectivity index (χ4n) is 4.06. The van der Waals surface area contributed by atoms with E-state index in [0.29, 0.717) is 18.0 Å². The van der Waals surface area contributed by atoms with Crippen LogP contribution in [0.25, 0.3) is 10.1 Å². The van der Waals surface area contributed by atoms with E-state index < -0.39 is 0 Å². The van der Waals surface area contributed by atoms with Crippen LogP contribution >= 0.6 is 11.5 Å². The Balaban J connectivity index is 1.55. The summed E-state index contributed by atoms with van der Waals surface area (Å²) in [5.41, 5.74) is 1.84. The first-order valence-electron chi connectivity index (χ1n) is 8.44. The molecular formula is C18H23N3OS. The minimum Gasteiger partial charge on any atom is -0.378 e. The SMILES string of the molecule is CN(C)c1ccc2c(C(=O)C[C@@H]3CN4CCC3CC4)nsc2c1. The standard InChI is InChI=1S/C18H23N3OS/c1-20(2)14-3-4-15-17(10-14)23-19-18(15)16(22)9-13-11-21-7-5-12(13)6-8-21/h3-4,10,12-13H,5-9,11H2,1-2H3/t13-/m1/s1. The number of ketones is 1.